The summed E-state index contributed by atoms with van der Waals surface area (Å²) in [6.45, 7) is 2.08. The van der Waals surface area contributed by atoms with Gasteiger partial charge in [0.05, 0.1) is 0 Å². The molecule has 0 saturated carbocycles. The quantitative estimate of drug-likeness (QED) is 0.900. The van der Waals surface area contributed by atoms with Crippen molar-refractivity contribution in [1.29, 1.82) is 0 Å². The highest BCUT2D eigenvalue weighted by molar-refractivity contribution is 9.10. The smallest absolute Gasteiger partial charge is 0.303 e. The van der Waals surface area contributed by atoms with Crippen LogP contribution in [-0.2, 0) is 17.6 Å². The maximum absolute atomic E-state index is 10.4. The highest BCUT2D eigenvalue weighted by atomic mass is 79.9. The minimum Gasteiger partial charge on any atom is -0.481 e. The fourth-order valence-electron chi connectivity index (χ4n) is 1.41. The van der Waals surface area contributed by atoms with Gasteiger partial charge in [-0.3, -0.25) is 4.79 Å². The summed E-state index contributed by atoms with van der Waals surface area (Å²) in [5.74, 6) is -0.743. The third-order valence-electron chi connectivity index (χ3n) is 2.16. The van der Waals surface area contributed by atoms with Crippen molar-refractivity contribution in [3.05, 3.63) is 33.8 Å². The lowest BCUT2D eigenvalue weighted by Gasteiger charge is -2.06. The maximum Gasteiger partial charge on any atom is 0.303 e. The molecule has 0 heterocycles. The summed E-state index contributed by atoms with van der Waals surface area (Å²) in [5.41, 5.74) is 2.36. The number of hydrogen-bond donors (Lipinski definition) is 1. The van der Waals surface area contributed by atoms with Gasteiger partial charge in [-0.2, -0.15) is 0 Å². The number of aliphatic carboxylic acids is 1. The zero-order valence-corrected chi connectivity index (χ0v) is 9.67. The Labute approximate surface area is 92.1 Å². The summed E-state index contributed by atoms with van der Waals surface area (Å²) in [5, 5.41) is 8.60. The molecule has 14 heavy (non-hydrogen) atoms. The number of carboxylic acids is 1. The number of halogens is 1. The third kappa shape index (κ3) is 3.14. The van der Waals surface area contributed by atoms with E-state index < -0.39 is 5.97 Å². The largest absolute Gasteiger partial charge is 0.481 e. The van der Waals surface area contributed by atoms with Crippen LogP contribution in [-0.4, -0.2) is 11.1 Å². The number of carboxylic acid groups (broad SMARTS) is 1. The van der Waals surface area contributed by atoms with Gasteiger partial charge in [0, 0.05) is 10.9 Å². The fraction of sp³-hybridized carbons (Fsp3) is 0.364. The summed E-state index contributed by atoms with van der Waals surface area (Å²) < 4.78 is 1.01. The maximum atomic E-state index is 10.4. The lowest BCUT2D eigenvalue weighted by atomic mass is 10.0. The molecule has 2 nitrogen and oxygen atoms in total. The molecule has 1 aromatic carbocycles. The number of hydrogen-bond acceptors (Lipinski definition) is 1. The van der Waals surface area contributed by atoms with Crippen LogP contribution >= 0.6 is 15.9 Å². The Hall–Kier alpha value is -0.830. The second-order valence-electron chi connectivity index (χ2n) is 3.16. The van der Waals surface area contributed by atoms with Crippen LogP contribution in [0.3, 0.4) is 0 Å². The molecule has 1 rings (SSSR count). The van der Waals surface area contributed by atoms with E-state index in [2.05, 4.69) is 22.9 Å². The molecule has 0 unspecified atom stereocenters. The number of aryl methyl sites for hydroxylation is 2. The zero-order chi connectivity index (χ0) is 10.6. The van der Waals surface area contributed by atoms with Crippen LogP contribution in [0, 0.1) is 0 Å². The Morgan fingerprint density at radius 1 is 1.43 bits per heavy atom. The first-order valence-corrected chi connectivity index (χ1v) is 5.42. The predicted molar refractivity (Wildman–Crippen MR) is 59.5 cm³/mol. The predicted octanol–water partition coefficient (Wildman–Crippen LogP) is 3.03. The third-order valence-corrected chi connectivity index (χ3v) is 2.65. The molecule has 0 spiro atoms. The molecule has 0 amide bonds. The standard InChI is InChI=1S/C11H13BrO2/c1-2-8-3-5-10(12)7-9(8)4-6-11(13)14/h3,5,7H,2,4,6H2,1H3,(H,13,14). The van der Waals surface area contributed by atoms with E-state index in [9.17, 15) is 4.79 Å². The Kier molecular flexibility index (Phi) is 4.14. The van der Waals surface area contributed by atoms with E-state index in [1.165, 1.54) is 5.56 Å². The second-order valence-corrected chi connectivity index (χ2v) is 4.08. The summed E-state index contributed by atoms with van der Waals surface area (Å²) in [6, 6.07) is 6.03. The number of benzene rings is 1. The van der Waals surface area contributed by atoms with Gasteiger partial charge in [0.1, 0.15) is 0 Å². The molecular weight excluding hydrogens is 244 g/mol. The van der Waals surface area contributed by atoms with Crippen LogP contribution in [0.1, 0.15) is 24.5 Å². The van der Waals surface area contributed by atoms with Crippen LogP contribution in [0.2, 0.25) is 0 Å². The van der Waals surface area contributed by atoms with Gasteiger partial charge in [-0.1, -0.05) is 28.9 Å². The molecule has 3 heteroatoms. The van der Waals surface area contributed by atoms with Crippen LogP contribution in [0.4, 0.5) is 0 Å². The Bertz CT molecular complexity index is 334. The van der Waals surface area contributed by atoms with E-state index >= 15 is 0 Å². The van der Waals surface area contributed by atoms with Crippen LogP contribution < -0.4 is 0 Å². The van der Waals surface area contributed by atoms with Gasteiger partial charge >= 0.3 is 5.97 Å². The van der Waals surface area contributed by atoms with E-state index in [1.54, 1.807) is 0 Å². The molecule has 0 aliphatic heterocycles. The molecule has 0 atom stereocenters. The Balaban J connectivity index is 2.82. The fourth-order valence-corrected chi connectivity index (χ4v) is 1.82. The van der Waals surface area contributed by atoms with E-state index in [4.69, 9.17) is 5.11 Å². The average molecular weight is 257 g/mol. The van der Waals surface area contributed by atoms with Crippen molar-refractivity contribution in [2.24, 2.45) is 0 Å². The molecule has 0 bridgehead atoms. The van der Waals surface area contributed by atoms with E-state index in [1.807, 2.05) is 18.2 Å². The van der Waals surface area contributed by atoms with E-state index in [0.29, 0.717) is 6.42 Å². The molecule has 0 radical (unpaired) electrons. The van der Waals surface area contributed by atoms with Crippen molar-refractivity contribution in [2.45, 2.75) is 26.2 Å². The van der Waals surface area contributed by atoms with Gasteiger partial charge in [0.15, 0.2) is 0 Å². The Morgan fingerprint density at radius 2 is 2.14 bits per heavy atom. The molecule has 0 aliphatic carbocycles. The molecule has 0 aliphatic rings. The SMILES string of the molecule is CCc1ccc(Br)cc1CCC(=O)O. The highest BCUT2D eigenvalue weighted by Gasteiger charge is 2.04. The topological polar surface area (TPSA) is 37.3 Å². The first kappa shape index (κ1) is 11.2. The lowest BCUT2D eigenvalue weighted by Crippen LogP contribution is -2.00. The van der Waals surface area contributed by atoms with Crippen LogP contribution in [0.25, 0.3) is 0 Å². The monoisotopic (exact) mass is 256 g/mol. The first-order chi connectivity index (χ1) is 6.63. The summed E-state index contributed by atoms with van der Waals surface area (Å²) in [4.78, 5) is 10.4. The highest BCUT2D eigenvalue weighted by Crippen LogP contribution is 2.18. The zero-order valence-electron chi connectivity index (χ0n) is 8.09. The number of carbonyl (C=O) groups is 1. The first-order valence-electron chi connectivity index (χ1n) is 4.62. The van der Waals surface area contributed by atoms with Crippen molar-refractivity contribution in [2.75, 3.05) is 0 Å². The van der Waals surface area contributed by atoms with Crippen molar-refractivity contribution >= 4 is 21.9 Å². The minimum atomic E-state index is -0.743. The van der Waals surface area contributed by atoms with Gasteiger partial charge in [-0.15, -0.1) is 0 Å². The summed E-state index contributed by atoms with van der Waals surface area (Å²) in [6.07, 6.45) is 1.75. The minimum absolute atomic E-state index is 0.198. The molecule has 0 aromatic heterocycles. The van der Waals surface area contributed by atoms with Crippen LogP contribution in [0.15, 0.2) is 22.7 Å². The van der Waals surface area contributed by atoms with Crippen molar-refractivity contribution < 1.29 is 9.90 Å². The second kappa shape index (κ2) is 5.15. The van der Waals surface area contributed by atoms with E-state index in [-0.39, 0.29) is 6.42 Å². The van der Waals surface area contributed by atoms with Crippen LogP contribution in [0.5, 0.6) is 0 Å². The Morgan fingerprint density at radius 3 is 2.71 bits per heavy atom. The average Bonchev–Trinajstić information content (AvgIpc) is 2.15. The van der Waals surface area contributed by atoms with Crippen molar-refractivity contribution in [3.63, 3.8) is 0 Å². The summed E-state index contributed by atoms with van der Waals surface area (Å²) >= 11 is 3.39. The van der Waals surface area contributed by atoms with Crippen molar-refractivity contribution in [1.82, 2.24) is 0 Å². The molecular formula is C11H13BrO2. The summed E-state index contributed by atoms with van der Waals surface area (Å²) in [7, 11) is 0. The normalized spacial score (nSPS) is 10.1. The molecule has 76 valence electrons. The van der Waals surface area contributed by atoms with Gasteiger partial charge in [-0.25, -0.2) is 0 Å². The van der Waals surface area contributed by atoms with Gasteiger partial charge < -0.3 is 5.11 Å². The van der Waals surface area contributed by atoms with Crippen molar-refractivity contribution in [3.8, 4) is 0 Å². The lowest BCUT2D eigenvalue weighted by molar-refractivity contribution is -0.136. The van der Waals surface area contributed by atoms with Gasteiger partial charge in [0.25, 0.3) is 0 Å². The van der Waals surface area contributed by atoms with Gasteiger partial charge in [-0.05, 0) is 36.1 Å². The molecule has 0 saturated heterocycles. The van der Waals surface area contributed by atoms with Gasteiger partial charge in [0.2, 0.25) is 0 Å². The number of rotatable bonds is 4. The van der Waals surface area contributed by atoms with E-state index in [0.717, 1.165) is 16.5 Å². The molecule has 1 N–H and O–H groups in total. The molecule has 0 fully saturated rings. The molecule has 1 aromatic rings.